The van der Waals surface area contributed by atoms with Crippen molar-refractivity contribution < 1.29 is 14.4 Å². The molecule has 0 radical (unpaired) electrons. The Morgan fingerprint density at radius 1 is 0.830 bits per heavy atom. The molecular weight excluding hydrogens is 634 g/mol. The first-order valence-corrected chi connectivity index (χ1v) is 15.9. The highest BCUT2D eigenvalue weighted by molar-refractivity contribution is 8.00. The summed E-state index contributed by atoms with van der Waals surface area (Å²) in [6.07, 6.45) is 1.52. The molecule has 4 aromatic carbocycles. The van der Waals surface area contributed by atoms with Crippen LogP contribution in [0, 0.1) is 6.92 Å². The number of aromatic nitrogens is 2. The molecule has 47 heavy (non-hydrogen) atoms. The Kier molecular flexibility index (Phi) is 10.4. The molecule has 3 N–H and O–H groups in total. The van der Waals surface area contributed by atoms with E-state index in [0.717, 1.165) is 4.90 Å². The molecule has 0 aliphatic carbocycles. The van der Waals surface area contributed by atoms with Gasteiger partial charge in [-0.2, -0.15) is 0 Å². The Hall–Kier alpha value is -5.32. The summed E-state index contributed by atoms with van der Waals surface area (Å²) < 4.78 is 3.22. The molecule has 1 heterocycles. The Balaban J connectivity index is 1.26. The Bertz CT molecular complexity index is 2010. The number of amides is 3. The summed E-state index contributed by atoms with van der Waals surface area (Å²) in [7, 11) is 1.77. The lowest BCUT2D eigenvalue weighted by Gasteiger charge is -2.13. The van der Waals surface area contributed by atoms with Crippen molar-refractivity contribution in [2.45, 2.75) is 24.0 Å². The molecule has 238 valence electrons. The lowest BCUT2D eigenvalue weighted by atomic mass is 10.1. The number of hydrogen-bond acceptors (Lipinski definition) is 5. The summed E-state index contributed by atoms with van der Waals surface area (Å²) in [5, 5.41) is 8.22. The molecule has 0 saturated carbocycles. The van der Waals surface area contributed by atoms with E-state index in [-0.39, 0.29) is 22.9 Å². The number of hydrogen-bond donors (Lipinski definition) is 3. The standard InChI is InChI=1S/C36H32ClN5O4S/c1-23-32(36(46)42(41(23)3)28-15-8-5-9-16-28)40-33(43)24(2)47-29-20-18-27(19-21-29)38-35(45)31(22-26-14-10-11-17-30(26)37)39-34(44)25-12-6-4-7-13-25/h4-22,24H,1-3H3,(H,38,45)(H,39,44)(H,40,43)/b31-22-. The zero-order chi connectivity index (χ0) is 33.5. The number of benzene rings is 4. The number of nitrogens with one attached hydrogen (secondary N) is 3. The summed E-state index contributed by atoms with van der Waals surface area (Å²) >= 11 is 7.63. The fourth-order valence-electron chi connectivity index (χ4n) is 4.70. The van der Waals surface area contributed by atoms with Crippen molar-refractivity contribution in [3.8, 4) is 5.69 Å². The smallest absolute Gasteiger partial charge is 0.295 e. The fourth-order valence-corrected chi connectivity index (χ4v) is 5.76. The SMILES string of the molecule is Cc1c(NC(=O)C(C)Sc2ccc(NC(=O)/C(=C/c3ccccc3Cl)NC(=O)c3ccccc3)cc2)c(=O)n(-c2ccccc2)n1C. The zero-order valence-corrected chi connectivity index (χ0v) is 27.4. The van der Waals surface area contributed by atoms with E-state index in [1.807, 2.05) is 30.3 Å². The summed E-state index contributed by atoms with van der Waals surface area (Å²) in [5.74, 6) is -1.30. The first kappa shape index (κ1) is 33.1. The van der Waals surface area contributed by atoms with Gasteiger partial charge in [-0.25, -0.2) is 4.68 Å². The van der Waals surface area contributed by atoms with Crippen molar-refractivity contribution in [2.75, 3.05) is 10.6 Å². The Morgan fingerprint density at radius 2 is 1.45 bits per heavy atom. The van der Waals surface area contributed by atoms with E-state index in [2.05, 4.69) is 16.0 Å². The van der Waals surface area contributed by atoms with Crippen LogP contribution < -0.4 is 21.5 Å². The molecule has 0 fully saturated rings. The molecule has 5 aromatic rings. The minimum Gasteiger partial charge on any atom is -0.321 e. The van der Waals surface area contributed by atoms with Gasteiger partial charge in [-0.15, -0.1) is 11.8 Å². The molecule has 1 aromatic heterocycles. The van der Waals surface area contributed by atoms with Gasteiger partial charge in [0.25, 0.3) is 17.4 Å². The highest BCUT2D eigenvalue weighted by Crippen LogP contribution is 2.26. The van der Waals surface area contributed by atoms with Crippen molar-refractivity contribution in [1.29, 1.82) is 0 Å². The average molecular weight is 666 g/mol. The van der Waals surface area contributed by atoms with E-state index in [9.17, 15) is 19.2 Å². The number of carbonyl (C=O) groups excluding carboxylic acids is 3. The predicted molar refractivity (Wildman–Crippen MR) is 188 cm³/mol. The maximum Gasteiger partial charge on any atom is 0.295 e. The third-order valence-corrected chi connectivity index (χ3v) is 8.79. The second-order valence-corrected chi connectivity index (χ2v) is 12.4. The number of thioether (sulfide) groups is 1. The maximum absolute atomic E-state index is 13.4. The lowest BCUT2D eigenvalue weighted by Crippen LogP contribution is -2.30. The number of nitrogens with zero attached hydrogens (tertiary/aromatic N) is 2. The van der Waals surface area contributed by atoms with Crippen LogP contribution in [0.3, 0.4) is 0 Å². The predicted octanol–water partition coefficient (Wildman–Crippen LogP) is 6.67. The van der Waals surface area contributed by atoms with Crippen LogP contribution in [0.5, 0.6) is 0 Å². The maximum atomic E-state index is 13.4. The van der Waals surface area contributed by atoms with E-state index in [1.54, 1.807) is 104 Å². The molecule has 3 amide bonds. The number of anilines is 2. The minimum absolute atomic E-state index is 0.0123. The molecule has 5 rings (SSSR count). The third-order valence-electron chi connectivity index (χ3n) is 7.33. The van der Waals surface area contributed by atoms with Crippen molar-refractivity contribution in [1.82, 2.24) is 14.7 Å². The molecule has 9 nitrogen and oxygen atoms in total. The van der Waals surface area contributed by atoms with Gasteiger partial charge in [-0.1, -0.05) is 66.2 Å². The summed E-state index contributed by atoms with van der Waals surface area (Å²) in [6.45, 7) is 3.54. The van der Waals surface area contributed by atoms with Crippen LogP contribution in [-0.2, 0) is 16.6 Å². The first-order valence-electron chi connectivity index (χ1n) is 14.7. The van der Waals surface area contributed by atoms with Crippen LogP contribution >= 0.6 is 23.4 Å². The van der Waals surface area contributed by atoms with Crippen LogP contribution in [0.4, 0.5) is 11.4 Å². The highest BCUT2D eigenvalue weighted by atomic mass is 35.5. The normalized spacial score (nSPS) is 11.9. The number of para-hydroxylation sites is 1. The topological polar surface area (TPSA) is 114 Å². The molecule has 0 aliphatic rings. The highest BCUT2D eigenvalue weighted by Gasteiger charge is 2.22. The van der Waals surface area contributed by atoms with Gasteiger partial charge in [0, 0.05) is 28.2 Å². The Labute approximate surface area is 281 Å². The lowest BCUT2D eigenvalue weighted by molar-refractivity contribution is -0.115. The van der Waals surface area contributed by atoms with E-state index >= 15 is 0 Å². The summed E-state index contributed by atoms with van der Waals surface area (Å²) in [6, 6.07) is 31.8. The quantitative estimate of drug-likeness (QED) is 0.114. The molecule has 0 saturated heterocycles. The van der Waals surface area contributed by atoms with Gasteiger partial charge in [-0.05, 0) is 80.1 Å². The van der Waals surface area contributed by atoms with Gasteiger partial charge < -0.3 is 16.0 Å². The number of carbonyl (C=O) groups is 3. The van der Waals surface area contributed by atoms with Crippen LogP contribution in [0.25, 0.3) is 11.8 Å². The van der Waals surface area contributed by atoms with Gasteiger partial charge >= 0.3 is 0 Å². The molecule has 11 heteroatoms. The van der Waals surface area contributed by atoms with Crippen molar-refractivity contribution >= 4 is 58.5 Å². The van der Waals surface area contributed by atoms with Crippen LogP contribution in [0.2, 0.25) is 5.02 Å². The van der Waals surface area contributed by atoms with Gasteiger partial charge in [0.05, 0.1) is 16.6 Å². The van der Waals surface area contributed by atoms with Crippen molar-refractivity contribution in [2.24, 2.45) is 7.05 Å². The van der Waals surface area contributed by atoms with E-state index in [0.29, 0.717) is 33.2 Å². The van der Waals surface area contributed by atoms with Crippen LogP contribution in [-0.4, -0.2) is 32.3 Å². The second kappa shape index (κ2) is 14.8. The van der Waals surface area contributed by atoms with Crippen LogP contribution in [0.1, 0.15) is 28.5 Å². The zero-order valence-electron chi connectivity index (χ0n) is 25.9. The molecule has 1 atom stereocenters. The van der Waals surface area contributed by atoms with E-state index in [1.165, 1.54) is 22.5 Å². The Morgan fingerprint density at radius 3 is 2.11 bits per heavy atom. The molecular formula is C36H32ClN5O4S. The van der Waals surface area contributed by atoms with E-state index in [4.69, 9.17) is 11.6 Å². The molecule has 1 unspecified atom stereocenters. The van der Waals surface area contributed by atoms with Crippen LogP contribution in [0.15, 0.2) is 125 Å². The first-order chi connectivity index (χ1) is 22.6. The van der Waals surface area contributed by atoms with Gasteiger partial charge in [0.1, 0.15) is 11.4 Å². The van der Waals surface area contributed by atoms with E-state index < -0.39 is 17.1 Å². The minimum atomic E-state index is -0.540. The summed E-state index contributed by atoms with van der Waals surface area (Å²) in [5.41, 5.74) is 2.70. The molecule has 0 spiro atoms. The van der Waals surface area contributed by atoms with Crippen molar-refractivity contribution in [3.63, 3.8) is 0 Å². The summed E-state index contributed by atoms with van der Waals surface area (Å²) in [4.78, 5) is 53.4. The number of rotatable bonds is 10. The largest absolute Gasteiger partial charge is 0.321 e. The second-order valence-electron chi connectivity index (χ2n) is 10.6. The molecule has 0 bridgehead atoms. The van der Waals surface area contributed by atoms with Gasteiger partial charge in [0.2, 0.25) is 5.91 Å². The van der Waals surface area contributed by atoms with Gasteiger partial charge in [-0.3, -0.25) is 23.9 Å². The number of halogens is 1. The monoisotopic (exact) mass is 665 g/mol. The average Bonchev–Trinajstić information content (AvgIpc) is 3.29. The van der Waals surface area contributed by atoms with Gasteiger partial charge in [0.15, 0.2) is 0 Å². The third kappa shape index (κ3) is 7.92. The molecule has 0 aliphatic heterocycles. The van der Waals surface area contributed by atoms with Crippen molar-refractivity contribution in [3.05, 3.63) is 147 Å². The fraction of sp³-hybridized carbons (Fsp3) is 0.111.